The first-order valence-corrected chi connectivity index (χ1v) is 8.53. The van der Waals surface area contributed by atoms with E-state index in [1.54, 1.807) is 6.92 Å². The Hall–Kier alpha value is -3.69. The van der Waals surface area contributed by atoms with Crippen molar-refractivity contribution in [3.05, 3.63) is 57.9 Å². The average Bonchev–Trinajstić information content (AvgIpc) is 2.69. The molecular formula is C19H19FN2O7. The summed E-state index contributed by atoms with van der Waals surface area (Å²) in [6, 6.07) is 7.16. The number of nitrogens with zero attached hydrogens (tertiary/aromatic N) is 1. The Morgan fingerprint density at radius 1 is 1.21 bits per heavy atom. The lowest BCUT2D eigenvalue weighted by molar-refractivity contribution is -0.385. The highest BCUT2D eigenvalue weighted by Crippen LogP contribution is 2.35. The third-order valence-electron chi connectivity index (χ3n) is 3.76. The molecule has 154 valence electrons. The zero-order chi connectivity index (χ0) is 21.6. The van der Waals surface area contributed by atoms with Crippen molar-refractivity contribution in [3.8, 4) is 11.5 Å². The molecule has 9 nitrogen and oxygen atoms in total. The van der Waals surface area contributed by atoms with Crippen LogP contribution in [0.2, 0.25) is 0 Å². The van der Waals surface area contributed by atoms with E-state index < -0.39 is 40.0 Å². The van der Waals surface area contributed by atoms with Gasteiger partial charge in [0, 0.05) is 11.8 Å². The highest BCUT2D eigenvalue weighted by atomic mass is 19.1. The molecule has 2 aromatic carbocycles. The predicted octanol–water partition coefficient (Wildman–Crippen LogP) is 3.33. The predicted molar refractivity (Wildman–Crippen MR) is 101 cm³/mol. The van der Waals surface area contributed by atoms with E-state index in [1.807, 2.05) is 0 Å². The number of methoxy groups -OCH3 is 1. The summed E-state index contributed by atoms with van der Waals surface area (Å²) in [5.41, 5.74) is -0.643. The van der Waals surface area contributed by atoms with Crippen molar-refractivity contribution in [3.63, 3.8) is 0 Å². The van der Waals surface area contributed by atoms with Crippen LogP contribution in [0.1, 0.15) is 24.2 Å². The largest absolute Gasteiger partial charge is 0.493 e. The Labute approximate surface area is 165 Å². The highest BCUT2D eigenvalue weighted by Gasteiger charge is 2.28. The number of rotatable bonds is 8. The first-order chi connectivity index (χ1) is 13.8. The van der Waals surface area contributed by atoms with Gasteiger partial charge in [0.1, 0.15) is 11.4 Å². The second kappa shape index (κ2) is 9.49. The van der Waals surface area contributed by atoms with Crippen LogP contribution in [-0.2, 0) is 9.53 Å². The van der Waals surface area contributed by atoms with Gasteiger partial charge in [-0.25, -0.2) is 9.18 Å². The Balaban J connectivity index is 2.20. The number of amides is 1. The van der Waals surface area contributed by atoms with Crippen LogP contribution in [0.3, 0.4) is 0 Å². The van der Waals surface area contributed by atoms with Gasteiger partial charge in [0.25, 0.3) is 11.6 Å². The number of benzene rings is 2. The molecular weight excluding hydrogens is 387 g/mol. The van der Waals surface area contributed by atoms with E-state index in [9.17, 15) is 24.1 Å². The summed E-state index contributed by atoms with van der Waals surface area (Å²) in [6.45, 7) is 3.22. The Kier molecular flexibility index (Phi) is 7.07. The van der Waals surface area contributed by atoms with Crippen molar-refractivity contribution in [2.45, 2.75) is 20.0 Å². The third kappa shape index (κ3) is 5.41. The lowest BCUT2D eigenvalue weighted by atomic mass is 10.1. The molecule has 0 saturated carbocycles. The minimum Gasteiger partial charge on any atom is -0.493 e. The van der Waals surface area contributed by atoms with Crippen LogP contribution in [0.4, 0.5) is 15.8 Å². The van der Waals surface area contributed by atoms with Gasteiger partial charge in [0.15, 0.2) is 17.6 Å². The summed E-state index contributed by atoms with van der Waals surface area (Å²) in [6.07, 6.45) is -1.27. The second-order valence-electron chi connectivity index (χ2n) is 5.75. The number of nitrogens with one attached hydrogen (secondary N) is 1. The van der Waals surface area contributed by atoms with Crippen molar-refractivity contribution in [1.29, 1.82) is 0 Å². The molecule has 29 heavy (non-hydrogen) atoms. The van der Waals surface area contributed by atoms with Crippen LogP contribution < -0.4 is 14.8 Å². The van der Waals surface area contributed by atoms with E-state index in [2.05, 4.69) is 5.32 Å². The fourth-order valence-electron chi connectivity index (χ4n) is 2.35. The molecule has 0 aromatic heterocycles. The number of carbonyl (C=O) groups excluding carboxylic acids is 2. The lowest BCUT2D eigenvalue weighted by Gasteiger charge is -2.15. The number of hydrogen-bond acceptors (Lipinski definition) is 7. The van der Waals surface area contributed by atoms with Crippen LogP contribution in [0, 0.1) is 15.9 Å². The molecule has 0 radical (unpaired) electrons. The van der Waals surface area contributed by atoms with E-state index in [1.165, 1.54) is 26.2 Å². The Morgan fingerprint density at radius 3 is 2.41 bits per heavy atom. The molecule has 10 heteroatoms. The van der Waals surface area contributed by atoms with Gasteiger partial charge < -0.3 is 19.5 Å². The van der Waals surface area contributed by atoms with Crippen molar-refractivity contribution in [1.82, 2.24) is 0 Å². The molecule has 0 spiro atoms. The average molecular weight is 406 g/mol. The molecule has 2 rings (SSSR count). The zero-order valence-electron chi connectivity index (χ0n) is 15.9. The number of carbonyl (C=O) groups is 2. The third-order valence-corrected chi connectivity index (χ3v) is 3.76. The number of ether oxygens (including phenoxy) is 3. The van der Waals surface area contributed by atoms with Crippen LogP contribution in [0.5, 0.6) is 11.5 Å². The van der Waals surface area contributed by atoms with Gasteiger partial charge in [-0.1, -0.05) is 0 Å². The summed E-state index contributed by atoms with van der Waals surface area (Å²) in [5, 5.41) is 13.8. The summed E-state index contributed by atoms with van der Waals surface area (Å²) in [5.74, 6) is -2.04. The van der Waals surface area contributed by atoms with Gasteiger partial charge in [-0.05, 0) is 38.1 Å². The molecule has 1 atom stereocenters. The monoisotopic (exact) mass is 406 g/mol. The zero-order valence-corrected chi connectivity index (χ0v) is 15.9. The highest BCUT2D eigenvalue weighted by molar-refractivity contribution is 5.99. The van der Waals surface area contributed by atoms with Gasteiger partial charge >= 0.3 is 5.97 Å². The first-order valence-electron chi connectivity index (χ1n) is 8.53. The van der Waals surface area contributed by atoms with Gasteiger partial charge in [-0.2, -0.15) is 0 Å². The normalized spacial score (nSPS) is 11.3. The number of nitro groups is 1. The van der Waals surface area contributed by atoms with Crippen LogP contribution in [-0.4, -0.2) is 36.6 Å². The van der Waals surface area contributed by atoms with Crippen LogP contribution >= 0.6 is 0 Å². The lowest BCUT2D eigenvalue weighted by Crippen LogP contribution is -2.30. The molecule has 0 bridgehead atoms. The van der Waals surface area contributed by atoms with Crippen LogP contribution in [0.15, 0.2) is 36.4 Å². The van der Waals surface area contributed by atoms with Gasteiger partial charge in [-0.3, -0.25) is 14.9 Å². The summed E-state index contributed by atoms with van der Waals surface area (Å²) >= 11 is 0. The molecule has 0 heterocycles. The van der Waals surface area contributed by atoms with E-state index in [4.69, 9.17) is 14.2 Å². The van der Waals surface area contributed by atoms with E-state index >= 15 is 0 Å². The molecule has 0 saturated heterocycles. The quantitative estimate of drug-likeness (QED) is 0.406. The van der Waals surface area contributed by atoms with Crippen molar-refractivity contribution in [2.75, 3.05) is 19.0 Å². The van der Waals surface area contributed by atoms with Crippen molar-refractivity contribution >= 4 is 23.3 Å². The smallest absolute Gasteiger partial charge is 0.346 e. The van der Waals surface area contributed by atoms with E-state index in [0.717, 1.165) is 24.3 Å². The minimum absolute atomic E-state index is 0.0975. The number of anilines is 1. The van der Waals surface area contributed by atoms with Gasteiger partial charge in [0.05, 0.1) is 24.7 Å². The topological polar surface area (TPSA) is 117 Å². The number of hydrogen-bond donors (Lipinski definition) is 1. The summed E-state index contributed by atoms with van der Waals surface area (Å²) in [4.78, 5) is 35.3. The molecule has 1 amide bonds. The van der Waals surface area contributed by atoms with E-state index in [-0.39, 0.29) is 18.1 Å². The number of halogens is 1. The molecule has 2 aromatic rings. The fraction of sp³-hybridized carbons (Fsp3) is 0.263. The summed E-state index contributed by atoms with van der Waals surface area (Å²) in [7, 11) is 1.32. The van der Waals surface area contributed by atoms with Crippen molar-refractivity contribution < 1.29 is 33.1 Å². The molecule has 0 aliphatic carbocycles. The molecule has 0 aliphatic rings. The summed E-state index contributed by atoms with van der Waals surface area (Å²) < 4.78 is 28.4. The maximum absolute atomic E-state index is 12.9. The standard InChI is InChI=1S/C19H19FN2O7/c1-4-28-17-10-15(22(25)26)14(9-16(17)27-3)19(24)29-11(2)18(23)21-13-7-5-12(20)6-8-13/h5-11H,4H2,1-3H3,(H,21,23)/t11-/m1/s1. The minimum atomic E-state index is -1.27. The molecule has 0 unspecified atom stereocenters. The molecule has 0 aliphatic heterocycles. The number of nitro benzene ring substituents is 1. The molecule has 0 fully saturated rings. The van der Waals surface area contributed by atoms with E-state index in [0.29, 0.717) is 5.69 Å². The maximum atomic E-state index is 12.9. The second-order valence-corrected chi connectivity index (χ2v) is 5.75. The Morgan fingerprint density at radius 2 is 1.86 bits per heavy atom. The van der Waals surface area contributed by atoms with Gasteiger partial charge in [-0.15, -0.1) is 0 Å². The SMILES string of the molecule is CCOc1cc([N+](=O)[O-])c(C(=O)O[C@H](C)C(=O)Nc2ccc(F)cc2)cc1OC. The first kappa shape index (κ1) is 21.6. The van der Waals surface area contributed by atoms with Gasteiger partial charge in [0.2, 0.25) is 0 Å². The molecule has 1 N–H and O–H groups in total. The maximum Gasteiger partial charge on any atom is 0.346 e. The number of esters is 1. The van der Waals surface area contributed by atoms with Crippen LogP contribution in [0.25, 0.3) is 0 Å². The Bertz CT molecular complexity index is 916. The fourth-order valence-corrected chi connectivity index (χ4v) is 2.35. The van der Waals surface area contributed by atoms with Crippen molar-refractivity contribution in [2.24, 2.45) is 0 Å².